The fourth-order valence-electron chi connectivity index (χ4n) is 3.17. The minimum atomic E-state index is -1.28. The van der Waals surface area contributed by atoms with Crippen molar-refractivity contribution in [3.05, 3.63) is 23.8 Å². The molecule has 0 bridgehead atoms. The second-order valence-electron chi connectivity index (χ2n) is 6.70. The van der Waals surface area contributed by atoms with Gasteiger partial charge in [-0.2, -0.15) is 8.78 Å². The Morgan fingerprint density at radius 1 is 1.12 bits per heavy atom. The molecule has 0 aromatic heterocycles. The van der Waals surface area contributed by atoms with Gasteiger partial charge in [0.1, 0.15) is 0 Å². The minimum Gasteiger partial charge on any atom is -0.505 e. The van der Waals surface area contributed by atoms with E-state index in [2.05, 4.69) is 6.92 Å². The van der Waals surface area contributed by atoms with Crippen LogP contribution in [0.3, 0.4) is 0 Å². The number of carboxylic acid groups (broad SMARTS) is 1. The highest BCUT2D eigenvalue weighted by Gasteiger charge is 2.25. The SMILES string of the molecule is CCCCCC1CCC(C(=O)O)CC1.CCOc1ccc(O)c(F)c1F. The van der Waals surface area contributed by atoms with Crippen LogP contribution in [0.15, 0.2) is 12.1 Å². The van der Waals surface area contributed by atoms with E-state index in [4.69, 9.17) is 14.9 Å². The van der Waals surface area contributed by atoms with Gasteiger partial charge < -0.3 is 14.9 Å². The number of unbranched alkanes of at least 4 members (excludes halogenated alkanes) is 2. The van der Waals surface area contributed by atoms with Crippen LogP contribution in [-0.4, -0.2) is 22.8 Å². The Balaban J connectivity index is 0.000000263. The van der Waals surface area contributed by atoms with Crippen molar-refractivity contribution in [3.63, 3.8) is 0 Å². The molecule has 0 atom stereocenters. The number of aliphatic carboxylic acids is 1. The third-order valence-electron chi connectivity index (χ3n) is 4.74. The summed E-state index contributed by atoms with van der Waals surface area (Å²) >= 11 is 0. The van der Waals surface area contributed by atoms with Gasteiger partial charge in [0.2, 0.25) is 11.6 Å². The summed E-state index contributed by atoms with van der Waals surface area (Å²) in [6, 6.07) is 2.22. The zero-order valence-electron chi connectivity index (χ0n) is 15.6. The van der Waals surface area contributed by atoms with E-state index in [1.807, 2.05) is 0 Å². The zero-order valence-corrected chi connectivity index (χ0v) is 15.6. The predicted molar refractivity (Wildman–Crippen MR) is 96.4 cm³/mol. The Kier molecular flexibility index (Phi) is 9.99. The van der Waals surface area contributed by atoms with Crippen LogP contribution in [0.25, 0.3) is 0 Å². The first-order chi connectivity index (χ1) is 12.4. The molecule has 0 amide bonds. The van der Waals surface area contributed by atoms with Gasteiger partial charge in [-0.15, -0.1) is 0 Å². The Bertz CT molecular complexity index is 555. The number of carboxylic acids is 1. The van der Waals surface area contributed by atoms with Crippen LogP contribution in [0.4, 0.5) is 8.78 Å². The first-order valence-electron chi connectivity index (χ1n) is 9.43. The quantitative estimate of drug-likeness (QED) is 0.618. The smallest absolute Gasteiger partial charge is 0.306 e. The highest BCUT2D eigenvalue weighted by molar-refractivity contribution is 5.69. The molecule has 1 aromatic rings. The van der Waals surface area contributed by atoms with Crippen LogP contribution in [0.5, 0.6) is 11.5 Å². The molecular formula is C20H30F2O4. The third-order valence-corrected chi connectivity index (χ3v) is 4.74. The van der Waals surface area contributed by atoms with Gasteiger partial charge in [0.05, 0.1) is 12.5 Å². The molecule has 0 heterocycles. The van der Waals surface area contributed by atoms with Crippen molar-refractivity contribution in [1.82, 2.24) is 0 Å². The average molecular weight is 372 g/mol. The summed E-state index contributed by atoms with van der Waals surface area (Å²) in [5.41, 5.74) is 0. The molecule has 0 radical (unpaired) electrons. The van der Waals surface area contributed by atoms with Crippen LogP contribution >= 0.6 is 0 Å². The van der Waals surface area contributed by atoms with Crippen molar-refractivity contribution in [2.24, 2.45) is 11.8 Å². The standard InChI is InChI=1S/C12H22O2.C8H8F2O2/c1-2-3-4-5-10-6-8-11(9-7-10)12(13)14;1-2-12-6-4-3-5(11)7(9)8(6)10/h10-11H,2-9H2,1H3,(H,13,14);3-4,11H,2H2,1H3. The van der Waals surface area contributed by atoms with E-state index < -0.39 is 23.4 Å². The van der Waals surface area contributed by atoms with Crippen LogP contribution in [0.2, 0.25) is 0 Å². The molecule has 0 saturated heterocycles. The van der Waals surface area contributed by atoms with Crippen LogP contribution in [-0.2, 0) is 4.79 Å². The topological polar surface area (TPSA) is 66.8 Å². The summed E-state index contributed by atoms with van der Waals surface area (Å²) < 4.78 is 30.1. The van der Waals surface area contributed by atoms with Crippen LogP contribution in [0, 0.1) is 23.5 Å². The van der Waals surface area contributed by atoms with E-state index >= 15 is 0 Å². The molecule has 1 aromatic carbocycles. The summed E-state index contributed by atoms with van der Waals surface area (Å²) in [4.78, 5) is 10.7. The second kappa shape index (κ2) is 11.7. The first-order valence-corrected chi connectivity index (χ1v) is 9.43. The molecular weight excluding hydrogens is 342 g/mol. The maximum absolute atomic E-state index is 12.8. The summed E-state index contributed by atoms with van der Waals surface area (Å²) in [5.74, 6) is -3.15. The fourth-order valence-corrected chi connectivity index (χ4v) is 3.17. The number of aromatic hydroxyl groups is 1. The monoisotopic (exact) mass is 372 g/mol. The number of halogens is 2. The maximum Gasteiger partial charge on any atom is 0.306 e. The normalized spacial score (nSPS) is 19.4. The van der Waals surface area contributed by atoms with Gasteiger partial charge in [-0.25, -0.2) is 0 Å². The molecule has 0 unspecified atom stereocenters. The van der Waals surface area contributed by atoms with Gasteiger partial charge >= 0.3 is 5.97 Å². The van der Waals surface area contributed by atoms with Crippen molar-refractivity contribution in [3.8, 4) is 11.5 Å². The number of phenols is 1. The van der Waals surface area contributed by atoms with Crippen LogP contribution in [0.1, 0.15) is 65.2 Å². The molecule has 4 nitrogen and oxygen atoms in total. The predicted octanol–water partition coefficient (Wildman–Crippen LogP) is 5.53. The van der Waals surface area contributed by atoms with Gasteiger partial charge in [-0.3, -0.25) is 4.79 Å². The highest BCUT2D eigenvalue weighted by atomic mass is 19.2. The molecule has 2 N–H and O–H groups in total. The Morgan fingerprint density at radius 2 is 1.77 bits per heavy atom. The number of rotatable bonds is 7. The largest absolute Gasteiger partial charge is 0.505 e. The number of hydrogen-bond acceptors (Lipinski definition) is 3. The van der Waals surface area contributed by atoms with E-state index in [0.717, 1.165) is 37.7 Å². The van der Waals surface area contributed by atoms with Gasteiger partial charge in [0.15, 0.2) is 11.5 Å². The van der Waals surface area contributed by atoms with Crippen molar-refractivity contribution in [2.75, 3.05) is 6.61 Å². The summed E-state index contributed by atoms with van der Waals surface area (Å²) in [6.07, 6.45) is 9.36. The van der Waals surface area contributed by atoms with E-state index in [0.29, 0.717) is 0 Å². The molecule has 0 spiro atoms. The molecule has 26 heavy (non-hydrogen) atoms. The number of benzene rings is 1. The van der Waals surface area contributed by atoms with Crippen molar-refractivity contribution in [1.29, 1.82) is 0 Å². The minimum absolute atomic E-state index is 0.0441. The lowest BCUT2D eigenvalue weighted by molar-refractivity contribution is -0.143. The molecule has 2 rings (SSSR count). The molecule has 1 fully saturated rings. The van der Waals surface area contributed by atoms with Crippen molar-refractivity contribution < 1.29 is 28.5 Å². The zero-order chi connectivity index (χ0) is 19.5. The number of phenolic OH excluding ortho intramolecular Hbond substituents is 1. The lowest BCUT2D eigenvalue weighted by Crippen LogP contribution is -2.21. The molecule has 1 aliphatic carbocycles. The average Bonchev–Trinajstić information content (AvgIpc) is 2.63. The van der Waals surface area contributed by atoms with E-state index in [1.165, 1.54) is 31.7 Å². The van der Waals surface area contributed by atoms with Gasteiger partial charge in [0, 0.05) is 0 Å². The van der Waals surface area contributed by atoms with Crippen molar-refractivity contribution in [2.45, 2.75) is 65.2 Å². The summed E-state index contributed by atoms with van der Waals surface area (Å²) in [7, 11) is 0. The Labute approximate surface area is 154 Å². The van der Waals surface area contributed by atoms with E-state index in [-0.39, 0.29) is 18.3 Å². The number of carbonyl (C=O) groups is 1. The molecule has 1 saturated carbocycles. The fraction of sp³-hybridized carbons (Fsp3) is 0.650. The second-order valence-corrected chi connectivity index (χ2v) is 6.70. The summed E-state index contributed by atoms with van der Waals surface area (Å²) in [6.45, 7) is 4.13. The highest BCUT2D eigenvalue weighted by Crippen LogP contribution is 2.32. The number of hydrogen-bond donors (Lipinski definition) is 2. The lowest BCUT2D eigenvalue weighted by Gasteiger charge is -2.25. The van der Waals surface area contributed by atoms with E-state index in [1.54, 1.807) is 6.92 Å². The molecule has 148 valence electrons. The Hall–Kier alpha value is -1.85. The Morgan fingerprint density at radius 3 is 2.31 bits per heavy atom. The van der Waals surface area contributed by atoms with Crippen LogP contribution < -0.4 is 4.74 Å². The first kappa shape index (κ1) is 22.2. The summed E-state index contributed by atoms with van der Waals surface area (Å²) in [5, 5.41) is 17.6. The molecule has 0 aliphatic heterocycles. The van der Waals surface area contributed by atoms with Gasteiger partial charge in [-0.05, 0) is 50.7 Å². The maximum atomic E-state index is 12.8. The lowest BCUT2D eigenvalue weighted by atomic mass is 9.80. The van der Waals surface area contributed by atoms with Gasteiger partial charge in [0.25, 0.3) is 0 Å². The number of ether oxygens (including phenoxy) is 1. The van der Waals surface area contributed by atoms with Gasteiger partial charge in [-0.1, -0.05) is 32.6 Å². The van der Waals surface area contributed by atoms with Crippen molar-refractivity contribution >= 4 is 5.97 Å². The third kappa shape index (κ3) is 7.18. The molecule has 6 heteroatoms. The molecule has 1 aliphatic rings. The van der Waals surface area contributed by atoms with E-state index in [9.17, 15) is 13.6 Å².